The van der Waals surface area contributed by atoms with Crippen molar-refractivity contribution in [2.75, 3.05) is 25.4 Å². The van der Waals surface area contributed by atoms with Crippen molar-refractivity contribution in [2.24, 2.45) is 5.73 Å². The minimum atomic E-state index is -0.716. The van der Waals surface area contributed by atoms with E-state index >= 15 is 0 Å². The lowest BCUT2D eigenvalue weighted by Crippen LogP contribution is -2.42. The van der Waals surface area contributed by atoms with Crippen LogP contribution in [0.1, 0.15) is 26.7 Å². The zero-order valence-corrected chi connectivity index (χ0v) is 14.5. The standard InChI is InChI=1S/C15H25N3O4S/c1-10(2)15(21)22-8-6-17-14(20)13(16)23-9-11(3)18-7-4-5-12(18)19/h11,13H,1,4-9,16H2,2-3H3,(H,17,20). The number of esters is 1. The summed E-state index contributed by atoms with van der Waals surface area (Å²) in [5.41, 5.74) is 6.13. The molecule has 0 aliphatic carbocycles. The summed E-state index contributed by atoms with van der Waals surface area (Å²) < 4.78 is 4.87. The number of rotatable bonds is 9. The van der Waals surface area contributed by atoms with Crippen LogP contribution in [-0.4, -0.2) is 59.5 Å². The second-order valence-electron chi connectivity index (χ2n) is 5.50. The van der Waals surface area contributed by atoms with Gasteiger partial charge in [0.1, 0.15) is 12.0 Å². The highest BCUT2D eigenvalue weighted by Crippen LogP contribution is 2.17. The molecule has 1 saturated heterocycles. The molecule has 0 aromatic rings. The number of thioether (sulfide) groups is 1. The van der Waals surface area contributed by atoms with Gasteiger partial charge in [-0.2, -0.15) is 0 Å². The van der Waals surface area contributed by atoms with E-state index in [0.29, 0.717) is 17.7 Å². The van der Waals surface area contributed by atoms with Gasteiger partial charge < -0.3 is 20.7 Å². The van der Waals surface area contributed by atoms with Crippen molar-refractivity contribution in [2.45, 2.75) is 38.1 Å². The average Bonchev–Trinajstić information content (AvgIpc) is 2.94. The second-order valence-corrected chi connectivity index (χ2v) is 6.68. The van der Waals surface area contributed by atoms with Crippen molar-refractivity contribution in [3.63, 3.8) is 0 Å². The Balaban J connectivity index is 2.19. The Morgan fingerprint density at radius 1 is 1.52 bits per heavy atom. The van der Waals surface area contributed by atoms with Gasteiger partial charge in [0, 0.05) is 30.3 Å². The fraction of sp³-hybridized carbons (Fsp3) is 0.667. The summed E-state index contributed by atoms with van der Waals surface area (Å²) in [6.07, 6.45) is 1.49. The number of nitrogens with two attached hydrogens (primary N) is 1. The van der Waals surface area contributed by atoms with Gasteiger partial charge in [0.05, 0.1) is 6.54 Å². The number of hydrogen-bond donors (Lipinski definition) is 2. The highest BCUT2D eigenvalue weighted by atomic mass is 32.2. The van der Waals surface area contributed by atoms with Crippen LogP contribution in [0.5, 0.6) is 0 Å². The number of carbonyl (C=O) groups excluding carboxylic acids is 3. The molecule has 2 atom stereocenters. The molecule has 1 rings (SSSR count). The normalized spacial score (nSPS) is 16.8. The Bertz CT molecular complexity index is 470. The minimum Gasteiger partial charge on any atom is -0.460 e. The van der Waals surface area contributed by atoms with Crippen LogP contribution in [0.15, 0.2) is 12.2 Å². The van der Waals surface area contributed by atoms with E-state index in [-0.39, 0.29) is 31.0 Å². The number of ether oxygens (including phenoxy) is 1. The largest absolute Gasteiger partial charge is 0.460 e. The number of nitrogens with zero attached hydrogens (tertiary/aromatic N) is 1. The van der Waals surface area contributed by atoms with Crippen LogP contribution in [0.3, 0.4) is 0 Å². The van der Waals surface area contributed by atoms with Crippen LogP contribution in [0, 0.1) is 0 Å². The van der Waals surface area contributed by atoms with Gasteiger partial charge >= 0.3 is 5.97 Å². The van der Waals surface area contributed by atoms with Crippen LogP contribution >= 0.6 is 11.8 Å². The molecule has 0 bridgehead atoms. The molecule has 23 heavy (non-hydrogen) atoms. The minimum absolute atomic E-state index is 0.0605. The van der Waals surface area contributed by atoms with E-state index in [2.05, 4.69) is 11.9 Å². The van der Waals surface area contributed by atoms with Gasteiger partial charge in [-0.3, -0.25) is 9.59 Å². The molecule has 1 fully saturated rings. The maximum absolute atomic E-state index is 11.8. The number of amides is 2. The van der Waals surface area contributed by atoms with Crippen molar-refractivity contribution >= 4 is 29.5 Å². The number of carbonyl (C=O) groups is 3. The van der Waals surface area contributed by atoms with Crippen LogP contribution in [0.4, 0.5) is 0 Å². The van der Waals surface area contributed by atoms with E-state index in [9.17, 15) is 14.4 Å². The maximum Gasteiger partial charge on any atom is 0.333 e. The van der Waals surface area contributed by atoms with Crippen molar-refractivity contribution in [1.29, 1.82) is 0 Å². The molecule has 3 N–H and O–H groups in total. The molecular formula is C15H25N3O4S. The average molecular weight is 343 g/mol. The molecule has 0 radical (unpaired) electrons. The lowest BCUT2D eigenvalue weighted by Gasteiger charge is -2.24. The van der Waals surface area contributed by atoms with E-state index in [1.807, 2.05) is 11.8 Å². The summed E-state index contributed by atoms with van der Waals surface area (Å²) in [6.45, 7) is 8.03. The first-order valence-corrected chi connectivity index (χ1v) is 8.64. The fourth-order valence-electron chi connectivity index (χ4n) is 2.09. The van der Waals surface area contributed by atoms with Gasteiger partial charge in [-0.1, -0.05) is 6.58 Å². The quantitative estimate of drug-likeness (QED) is 0.269. The molecule has 8 heteroatoms. The van der Waals surface area contributed by atoms with Crippen LogP contribution in [0.25, 0.3) is 0 Å². The highest BCUT2D eigenvalue weighted by molar-refractivity contribution is 8.00. The van der Waals surface area contributed by atoms with Gasteiger partial charge in [0.15, 0.2) is 0 Å². The van der Waals surface area contributed by atoms with Gasteiger partial charge in [-0.15, -0.1) is 11.8 Å². The molecule has 0 aromatic carbocycles. The van der Waals surface area contributed by atoms with Crippen molar-refractivity contribution in [3.05, 3.63) is 12.2 Å². The third-order valence-electron chi connectivity index (χ3n) is 3.40. The van der Waals surface area contributed by atoms with E-state index in [1.165, 1.54) is 11.8 Å². The predicted octanol–water partition coefficient (Wildman–Crippen LogP) is 0.251. The molecule has 0 aromatic heterocycles. The Morgan fingerprint density at radius 3 is 2.78 bits per heavy atom. The zero-order valence-electron chi connectivity index (χ0n) is 13.7. The smallest absolute Gasteiger partial charge is 0.333 e. The Hall–Kier alpha value is -1.54. The third-order valence-corrected chi connectivity index (χ3v) is 4.65. The van der Waals surface area contributed by atoms with Crippen molar-refractivity contribution in [3.8, 4) is 0 Å². The van der Waals surface area contributed by atoms with Crippen LogP contribution < -0.4 is 11.1 Å². The first-order chi connectivity index (χ1) is 10.8. The Kier molecular flexibility index (Phi) is 8.11. The second kappa shape index (κ2) is 9.57. The summed E-state index contributed by atoms with van der Waals surface area (Å²) in [5.74, 6) is -0.0378. The molecule has 2 unspecified atom stereocenters. The first-order valence-electron chi connectivity index (χ1n) is 7.60. The van der Waals surface area contributed by atoms with Crippen molar-refractivity contribution < 1.29 is 19.1 Å². The number of likely N-dealkylation sites (tertiary alicyclic amines) is 1. The summed E-state index contributed by atoms with van der Waals surface area (Å²) >= 11 is 1.30. The van der Waals surface area contributed by atoms with Gasteiger partial charge in [-0.25, -0.2) is 4.79 Å². The topological polar surface area (TPSA) is 102 Å². The molecule has 130 valence electrons. The SMILES string of the molecule is C=C(C)C(=O)OCCNC(=O)C(N)SCC(C)N1CCCC1=O. The van der Waals surface area contributed by atoms with Crippen molar-refractivity contribution in [1.82, 2.24) is 10.2 Å². The number of nitrogens with one attached hydrogen (secondary N) is 1. The lowest BCUT2D eigenvalue weighted by atomic mass is 10.3. The molecule has 1 heterocycles. The Labute approximate surface area is 141 Å². The number of hydrogen-bond acceptors (Lipinski definition) is 6. The first kappa shape index (κ1) is 19.5. The molecule has 1 aliphatic heterocycles. The van der Waals surface area contributed by atoms with Gasteiger partial charge in [0.2, 0.25) is 11.8 Å². The van der Waals surface area contributed by atoms with E-state index < -0.39 is 11.3 Å². The molecular weight excluding hydrogens is 318 g/mol. The predicted molar refractivity (Wildman–Crippen MR) is 89.6 cm³/mol. The van der Waals surface area contributed by atoms with E-state index in [4.69, 9.17) is 10.5 Å². The summed E-state index contributed by atoms with van der Waals surface area (Å²) in [7, 11) is 0. The molecule has 7 nitrogen and oxygen atoms in total. The maximum atomic E-state index is 11.8. The summed E-state index contributed by atoms with van der Waals surface area (Å²) in [6, 6.07) is 0.0605. The monoisotopic (exact) mass is 343 g/mol. The molecule has 1 aliphatic rings. The van der Waals surface area contributed by atoms with E-state index in [0.717, 1.165) is 13.0 Å². The lowest BCUT2D eigenvalue weighted by molar-refractivity contribution is -0.139. The van der Waals surface area contributed by atoms with Gasteiger partial charge in [0.25, 0.3) is 0 Å². The Morgan fingerprint density at radius 2 is 2.22 bits per heavy atom. The molecule has 0 saturated carbocycles. The molecule has 2 amide bonds. The van der Waals surface area contributed by atoms with E-state index in [1.54, 1.807) is 6.92 Å². The third kappa shape index (κ3) is 6.62. The molecule has 0 spiro atoms. The zero-order chi connectivity index (χ0) is 17.4. The highest BCUT2D eigenvalue weighted by Gasteiger charge is 2.26. The van der Waals surface area contributed by atoms with Gasteiger partial charge in [-0.05, 0) is 20.3 Å². The fourth-order valence-corrected chi connectivity index (χ4v) is 2.99. The summed E-state index contributed by atoms with van der Waals surface area (Å²) in [5, 5.41) is 1.89. The van der Waals surface area contributed by atoms with Crippen LogP contribution in [-0.2, 0) is 19.1 Å². The van der Waals surface area contributed by atoms with Crippen LogP contribution in [0.2, 0.25) is 0 Å². The summed E-state index contributed by atoms with van der Waals surface area (Å²) in [4.78, 5) is 36.4.